The molecule has 0 aliphatic rings. The molecule has 0 aromatic heterocycles. The summed E-state index contributed by atoms with van der Waals surface area (Å²) in [5.74, 6) is -0.221. The fourth-order valence-electron chi connectivity index (χ4n) is 1.77. The molecule has 0 atom stereocenters. The summed E-state index contributed by atoms with van der Waals surface area (Å²) in [6, 6.07) is 4.31. The van der Waals surface area contributed by atoms with Gasteiger partial charge in [-0.1, -0.05) is 12.1 Å². The van der Waals surface area contributed by atoms with Crippen molar-refractivity contribution in [3.05, 3.63) is 34.4 Å². The smallest absolute Gasteiger partial charge is 0.319 e. The number of nitrogens with one attached hydrogen (secondary N) is 1. The van der Waals surface area contributed by atoms with Crippen molar-refractivity contribution in [1.82, 2.24) is 5.32 Å². The van der Waals surface area contributed by atoms with Crippen LogP contribution in [-0.4, -0.2) is 26.2 Å². The van der Waals surface area contributed by atoms with Crippen molar-refractivity contribution in [2.45, 2.75) is 27.2 Å². The Morgan fingerprint density at radius 3 is 2.59 bits per heavy atom. The first-order valence-electron chi connectivity index (χ1n) is 5.89. The summed E-state index contributed by atoms with van der Waals surface area (Å²) >= 11 is 0. The SMILES string of the molecule is COC(=O)CNCCc1ccc(C)c(C)c1C. The molecule has 3 nitrogen and oxygen atoms in total. The minimum absolute atomic E-state index is 0.221. The highest BCUT2D eigenvalue weighted by atomic mass is 16.5. The van der Waals surface area contributed by atoms with Gasteiger partial charge in [-0.25, -0.2) is 0 Å². The predicted octanol–water partition coefficient (Wildman–Crippen LogP) is 1.92. The van der Waals surface area contributed by atoms with E-state index in [1.54, 1.807) is 0 Å². The molecule has 0 unspecified atom stereocenters. The molecule has 0 saturated carbocycles. The van der Waals surface area contributed by atoms with Gasteiger partial charge in [0.2, 0.25) is 0 Å². The van der Waals surface area contributed by atoms with Crippen LogP contribution in [0.5, 0.6) is 0 Å². The number of carbonyl (C=O) groups is 1. The Labute approximate surface area is 103 Å². The maximum atomic E-state index is 10.9. The summed E-state index contributed by atoms with van der Waals surface area (Å²) in [6.45, 7) is 7.49. The predicted molar refractivity (Wildman–Crippen MR) is 69.2 cm³/mol. The van der Waals surface area contributed by atoms with Crippen LogP contribution in [0.3, 0.4) is 0 Å². The molecule has 1 aromatic rings. The molecule has 17 heavy (non-hydrogen) atoms. The monoisotopic (exact) mass is 235 g/mol. The van der Waals surface area contributed by atoms with E-state index in [2.05, 4.69) is 43.0 Å². The minimum atomic E-state index is -0.221. The number of aryl methyl sites for hydroxylation is 1. The van der Waals surface area contributed by atoms with Crippen LogP contribution in [0.4, 0.5) is 0 Å². The third kappa shape index (κ3) is 3.86. The van der Waals surface area contributed by atoms with Crippen LogP contribution < -0.4 is 5.32 Å². The fourth-order valence-corrected chi connectivity index (χ4v) is 1.77. The maximum absolute atomic E-state index is 10.9. The zero-order valence-corrected chi connectivity index (χ0v) is 11.1. The van der Waals surface area contributed by atoms with Gasteiger partial charge in [-0.15, -0.1) is 0 Å². The first-order valence-corrected chi connectivity index (χ1v) is 5.89. The molecule has 1 rings (SSSR count). The van der Waals surface area contributed by atoms with E-state index >= 15 is 0 Å². The number of ether oxygens (including phenoxy) is 1. The third-order valence-corrected chi connectivity index (χ3v) is 3.24. The number of rotatable bonds is 5. The molecule has 0 spiro atoms. The Bertz CT molecular complexity index is 399. The van der Waals surface area contributed by atoms with Gasteiger partial charge in [0, 0.05) is 0 Å². The Hall–Kier alpha value is -1.35. The number of benzene rings is 1. The molecule has 0 radical (unpaired) electrons. The molecule has 3 heteroatoms. The molecular weight excluding hydrogens is 214 g/mol. The van der Waals surface area contributed by atoms with Crippen LogP contribution in [0.25, 0.3) is 0 Å². The zero-order valence-electron chi connectivity index (χ0n) is 11.1. The summed E-state index contributed by atoms with van der Waals surface area (Å²) in [6.07, 6.45) is 0.934. The number of hydrogen-bond acceptors (Lipinski definition) is 3. The Morgan fingerprint density at radius 1 is 1.24 bits per heavy atom. The van der Waals surface area contributed by atoms with E-state index in [-0.39, 0.29) is 12.5 Å². The van der Waals surface area contributed by atoms with Gasteiger partial charge in [0.05, 0.1) is 13.7 Å². The van der Waals surface area contributed by atoms with E-state index < -0.39 is 0 Å². The second-order valence-corrected chi connectivity index (χ2v) is 4.29. The van der Waals surface area contributed by atoms with Crippen LogP contribution in [0.1, 0.15) is 22.3 Å². The highest BCUT2D eigenvalue weighted by Gasteiger charge is 2.04. The summed E-state index contributed by atoms with van der Waals surface area (Å²) in [4.78, 5) is 10.9. The molecule has 0 bridgehead atoms. The standard InChI is InChI=1S/C14H21NO2/c1-10-5-6-13(12(3)11(10)2)7-8-15-9-14(16)17-4/h5-6,15H,7-9H2,1-4H3. The number of esters is 1. The molecule has 0 aliphatic heterocycles. The fraction of sp³-hybridized carbons (Fsp3) is 0.500. The Morgan fingerprint density at radius 2 is 1.94 bits per heavy atom. The van der Waals surface area contributed by atoms with Crippen molar-refractivity contribution in [2.75, 3.05) is 20.2 Å². The van der Waals surface area contributed by atoms with Crippen molar-refractivity contribution in [3.63, 3.8) is 0 Å². The Kier molecular flexibility index (Phi) is 5.16. The van der Waals surface area contributed by atoms with Gasteiger partial charge in [-0.05, 0) is 56.0 Å². The van der Waals surface area contributed by atoms with E-state index in [1.165, 1.54) is 29.4 Å². The van der Waals surface area contributed by atoms with Crippen molar-refractivity contribution in [1.29, 1.82) is 0 Å². The average Bonchev–Trinajstić information content (AvgIpc) is 2.33. The van der Waals surface area contributed by atoms with Gasteiger partial charge < -0.3 is 10.1 Å². The van der Waals surface area contributed by atoms with Crippen LogP contribution in [0.15, 0.2) is 12.1 Å². The average molecular weight is 235 g/mol. The van der Waals surface area contributed by atoms with E-state index in [4.69, 9.17) is 0 Å². The summed E-state index contributed by atoms with van der Waals surface area (Å²) < 4.78 is 4.56. The largest absolute Gasteiger partial charge is 0.468 e. The van der Waals surface area contributed by atoms with Gasteiger partial charge in [-0.2, -0.15) is 0 Å². The second kappa shape index (κ2) is 6.40. The molecule has 0 heterocycles. The lowest BCUT2D eigenvalue weighted by atomic mass is 9.97. The summed E-state index contributed by atoms with van der Waals surface area (Å²) in [7, 11) is 1.40. The highest BCUT2D eigenvalue weighted by Crippen LogP contribution is 2.17. The topological polar surface area (TPSA) is 38.3 Å². The van der Waals surface area contributed by atoms with E-state index in [9.17, 15) is 4.79 Å². The normalized spacial score (nSPS) is 10.4. The number of hydrogen-bond donors (Lipinski definition) is 1. The molecule has 94 valence electrons. The summed E-state index contributed by atoms with van der Waals surface area (Å²) in [5.41, 5.74) is 5.37. The van der Waals surface area contributed by atoms with E-state index in [0.717, 1.165) is 13.0 Å². The molecule has 0 saturated heterocycles. The molecule has 1 N–H and O–H groups in total. The van der Waals surface area contributed by atoms with Gasteiger partial charge in [-0.3, -0.25) is 4.79 Å². The lowest BCUT2D eigenvalue weighted by Gasteiger charge is -2.11. The molecule has 0 amide bonds. The first-order chi connectivity index (χ1) is 8.06. The molecule has 0 fully saturated rings. The highest BCUT2D eigenvalue weighted by molar-refractivity contribution is 5.71. The number of carbonyl (C=O) groups excluding carboxylic acids is 1. The van der Waals surface area contributed by atoms with Gasteiger partial charge in [0.15, 0.2) is 0 Å². The van der Waals surface area contributed by atoms with Gasteiger partial charge >= 0.3 is 5.97 Å². The quantitative estimate of drug-likeness (QED) is 0.626. The molecular formula is C14H21NO2. The van der Waals surface area contributed by atoms with E-state index in [0.29, 0.717) is 0 Å². The maximum Gasteiger partial charge on any atom is 0.319 e. The van der Waals surface area contributed by atoms with Crippen molar-refractivity contribution < 1.29 is 9.53 Å². The lowest BCUT2D eigenvalue weighted by molar-refractivity contribution is -0.139. The van der Waals surface area contributed by atoms with Gasteiger partial charge in [0.25, 0.3) is 0 Å². The Balaban J connectivity index is 2.47. The first kappa shape index (κ1) is 13.7. The van der Waals surface area contributed by atoms with Crippen molar-refractivity contribution in [2.24, 2.45) is 0 Å². The second-order valence-electron chi connectivity index (χ2n) is 4.29. The van der Waals surface area contributed by atoms with Crippen LogP contribution in [0.2, 0.25) is 0 Å². The van der Waals surface area contributed by atoms with Crippen LogP contribution in [0, 0.1) is 20.8 Å². The van der Waals surface area contributed by atoms with Gasteiger partial charge in [0.1, 0.15) is 0 Å². The van der Waals surface area contributed by atoms with Crippen LogP contribution >= 0.6 is 0 Å². The molecule has 0 aliphatic carbocycles. The van der Waals surface area contributed by atoms with Crippen molar-refractivity contribution >= 4 is 5.97 Å². The summed E-state index contributed by atoms with van der Waals surface area (Å²) in [5, 5.41) is 3.07. The minimum Gasteiger partial charge on any atom is -0.468 e. The zero-order chi connectivity index (χ0) is 12.8. The lowest BCUT2D eigenvalue weighted by Crippen LogP contribution is -2.26. The third-order valence-electron chi connectivity index (χ3n) is 3.24. The number of methoxy groups -OCH3 is 1. The van der Waals surface area contributed by atoms with Crippen molar-refractivity contribution in [3.8, 4) is 0 Å². The van der Waals surface area contributed by atoms with Crippen LogP contribution in [-0.2, 0) is 16.0 Å². The van der Waals surface area contributed by atoms with E-state index in [1.807, 2.05) is 0 Å². The molecule has 1 aromatic carbocycles.